The summed E-state index contributed by atoms with van der Waals surface area (Å²) in [6.07, 6.45) is 7.21. The van der Waals surface area contributed by atoms with Gasteiger partial charge in [0.2, 0.25) is 0 Å². The van der Waals surface area contributed by atoms with Gasteiger partial charge in [0.25, 0.3) is 0 Å². The van der Waals surface area contributed by atoms with E-state index in [1.807, 2.05) is 38.1 Å². The number of aryl methyl sites for hydroxylation is 2. The third kappa shape index (κ3) is 7.24. The molecule has 0 radical (unpaired) electrons. The Kier molecular flexibility index (Phi) is 9.12. The summed E-state index contributed by atoms with van der Waals surface area (Å²) in [5.41, 5.74) is 2.25. The first-order chi connectivity index (χ1) is 23.1. The summed E-state index contributed by atoms with van der Waals surface area (Å²) in [5, 5.41) is 15.1. The van der Waals surface area contributed by atoms with Crippen molar-refractivity contribution in [3.05, 3.63) is 89.4 Å². The van der Waals surface area contributed by atoms with Gasteiger partial charge >= 0.3 is 5.97 Å². The Labute approximate surface area is 285 Å². The van der Waals surface area contributed by atoms with Crippen molar-refractivity contribution in [1.82, 2.24) is 24.7 Å². The van der Waals surface area contributed by atoms with Gasteiger partial charge < -0.3 is 14.8 Å². The van der Waals surface area contributed by atoms with Crippen LogP contribution in [-0.2, 0) is 39.9 Å². The molecule has 10 nitrogen and oxygen atoms in total. The van der Waals surface area contributed by atoms with Crippen LogP contribution < -0.4 is 4.74 Å². The second-order valence-corrected chi connectivity index (χ2v) is 16.5. The normalized spacial score (nSPS) is 20.0. The molecule has 5 aromatic rings. The molecule has 0 saturated heterocycles. The van der Waals surface area contributed by atoms with Crippen molar-refractivity contribution < 1.29 is 27.4 Å². The van der Waals surface area contributed by atoms with Gasteiger partial charge in [-0.25, -0.2) is 22.5 Å². The molecule has 4 bridgehead atoms. The number of sulfone groups is 1. The molecular weight excluding hydrogens is 646 g/mol. The fourth-order valence-corrected chi connectivity index (χ4v) is 8.95. The number of aromatic nitrogens is 5. The number of aliphatic carboxylic acids is 1. The number of nitrogens with one attached hydrogen (secondary N) is 1. The van der Waals surface area contributed by atoms with E-state index < -0.39 is 38.4 Å². The van der Waals surface area contributed by atoms with Crippen LogP contribution in [0.1, 0.15) is 69.5 Å². The zero-order chi connectivity index (χ0) is 35.1. The second-order valence-electron chi connectivity index (χ2n) is 14.3. The molecule has 0 spiro atoms. The molecule has 1 aliphatic heterocycles. The monoisotopic (exact) mass is 687 g/mol. The zero-order valence-electron chi connectivity index (χ0n) is 28.5. The van der Waals surface area contributed by atoms with Gasteiger partial charge in [-0.15, -0.1) is 0 Å². The summed E-state index contributed by atoms with van der Waals surface area (Å²) in [4.78, 5) is 24.1. The minimum absolute atomic E-state index is 0.0288. The van der Waals surface area contributed by atoms with Crippen LogP contribution in [0.4, 0.5) is 4.39 Å². The summed E-state index contributed by atoms with van der Waals surface area (Å²) in [5.74, 6) is -0.862. The molecule has 6 rings (SSSR count). The molecule has 0 amide bonds. The Morgan fingerprint density at radius 1 is 1.14 bits per heavy atom. The number of halogens is 1. The van der Waals surface area contributed by atoms with Crippen LogP contribution in [0.25, 0.3) is 22.3 Å². The molecule has 0 aliphatic carbocycles. The maximum Gasteiger partial charge on any atom is 0.306 e. The van der Waals surface area contributed by atoms with Crippen molar-refractivity contribution in [1.29, 1.82) is 0 Å². The third-order valence-corrected chi connectivity index (χ3v) is 11.7. The molecule has 0 saturated carbocycles. The standard InChI is InChI=1S/C37H42FN5O5S/c1-23(34(44)45)16-24-8-6-9-26(17-24)37(4)13-7-12-36(2,3)22-49(46,47)15-11-29-28-10-14-40-31(28)19-30(38)32(29)48-27-18-25(20-39-21-27)33-41-35(37)42-43(33)5/h6,8-10,14,17-21,23,40H,7,11-13,15-16,22H2,1-5H3,(H,44,45)/t23-,37-/m1/s1. The lowest BCUT2D eigenvalue weighted by atomic mass is 9.75. The molecule has 4 heterocycles. The summed E-state index contributed by atoms with van der Waals surface area (Å²) >= 11 is 0. The molecule has 2 atom stereocenters. The Bertz CT molecular complexity index is 2140. The number of benzene rings is 2. The average molecular weight is 688 g/mol. The molecule has 0 unspecified atom stereocenters. The largest absolute Gasteiger partial charge is 0.481 e. The molecular formula is C37H42FN5O5S. The van der Waals surface area contributed by atoms with Crippen molar-refractivity contribution in [2.24, 2.45) is 18.4 Å². The van der Waals surface area contributed by atoms with Crippen molar-refractivity contribution in [3.63, 3.8) is 0 Å². The van der Waals surface area contributed by atoms with E-state index in [-0.39, 0.29) is 29.4 Å². The van der Waals surface area contributed by atoms with Crippen LogP contribution in [-0.4, -0.2) is 55.7 Å². The molecule has 0 fully saturated rings. The number of hydrogen-bond donors (Lipinski definition) is 2. The second kappa shape index (κ2) is 13.0. The predicted octanol–water partition coefficient (Wildman–Crippen LogP) is 7.03. The molecule has 2 N–H and O–H groups in total. The van der Waals surface area contributed by atoms with Gasteiger partial charge in [-0.05, 0) is 61.3 Å². The van der Waals surface area contributed by atoms with Crippen LogP contribution in [0.3, 0.4) is 0 Å². The van der Waals surface area contributed by atoms with E-state index in [1.54, 1.807) is 43.2 Å². The number of pyridine rings is 1. The number of hydrogen-bond acceptors (Lipinski definition) is 7. The van der Waals surface area contributed by atoms with Crippen LogP contribution in [0.5, 0.6) is 11.5 Å². The van der Waals surface area contributed by atoms with E-state index in [9.17, 15) is 18.3 Å². The van der Waals surface area contributed by atoms with E-state index in [1.165, 1.54) is 12.3 Å². The molecule has 1 aliphatic rings. The summed E-state index contributed by atoms with van der Waals surface area (Å²) < 4.78 is 50.7. The van der Waals surface area contributed by atoms with Gasteiger partial charge in [0, 0.05) is 47.5 Å². The number of ether oxygens (including phenoxy) is 1. The van der Waals surface area contributed by atoms with E-state index in [0.29, 0.717) is 59.4 Å². The molecule has 12 heteroatoms. The molecule has 2 aromatic carbocycles. The van der Waals surface area contributed by atoms with E-state index in [4.69, 9.17) is 14.8 Å². The van der Waals surface area contributed by atoms with Gasteiger partial charge in [-0.3, -0.25) is 9.78 Å². The number of carboxylic acids is 1. The lowest BCUT2D eigenvalue weighted by Crippen LogP contribution is -2.29. The Morgan fingerprint density at radius 3 is 2.71 bits per heavy atom. The highest BCUT2D eigenvalue weighted by Crippen LogP contribution is 2.40. The van der Waals surface area contributed by atoms with Crippen LogP contribution in [0.15, 0.2) is 61.1 Å². The van der Waals surface area contributed by atoms with Crippen molar-refractivity contribution in [2.45, 2.75) is 65.2 Å². The van der Waals surface area contributed by atoms with Gasteiger partial charge in [0.15, 0.2) is 33.1 Å². The van der Waals surface area contributed by atoms with E-state index in [0.717, 1.165) is 11.1 Å². The van der Waals surface area contributed by atoms with Crippen LogP contribution in [0, 0.1) is 17.2 Å². The third-order valence-electron chi connectivity index (χ3n) is 9.65. The van der Waals surface area contributed by atoms with Gasteiger partial charge in [-0.1, -0.05) is 51.5 Å². The van der Waals surface area contributed by atoms with Gasteiger partial charge in [0.05, 0.1) is 29.0 Å². The first-order valence-corrected chi connectivity index (χ1v) is 18.3. The van der Waals surface area contributed by atoms with Crippen LogP contribution in [0.2, 0.25) is 0 Å². The quantitative estimate of drug-likeness (QED) is 0.205. The topological polar surface area (TPSA) is 140 Å². The highest BCUT2D eigenvalue weighted by Gasteiger charge is 2.36. The van der Waals surface area contributed by atoms with E-state index >= 15 is 4.39 Å². The first-order valence-electron chi connectivity index (χ1n) is 16.5. The number of H-pyrrole nitrogens is 1. The number of nitrogens with zero attached hydrogens (tertiary/aromatic N) is 4. The highest BCUT2D eigenvalue weighted by molar-refractivity contribution is 7.91. The molecule has 3 aromatic heterocycles. The summed E-state index contributed by atoms with van der Waals surface area (Å²) in [6.45, 7) is 7.69. The minimum atomic E-state index is -3.55. The smallest absolute Gasteiger partial charge is 0.306 e. The van der Waals surface area contributed by atoms with Gasteiger partial charge in [0.1, 0.15) is 5.75 Å². The number of aromatic amines is 1. The average Bonchev–Trinajstić information content (AvgIpc) is 3.66. The first kappa shape index (κ1) is 34.3. The Morgan fingerprint density at radius 2 is 1.94 bits per heavy atom. The zero-order valence-corrected chi connectivity index (χ0v) is 29.3. The van der Waals surface area contributed by atoms with Crippen molar-refractivity contribution in [2.75, 3.05) is 11.5 Å². The van der Waals surface area contributed by atoms with Crippen molar-refractivity contribution in [3.8, 4) is 22.9 Å². The summed E-state index contributed by atoms with van der Waals surface area (Å²) in [7, 11) is -1.75. The van der Waals surface area contributed by atoms with Crippen molar-refractivity contribution >= 4 is 26.7 Å². The SMILES string of the molecule is C[C@H](Cc1cccc([C@@]2(C)CCCC(C)(C)CS(=O)(=O)CCc3c(c(F)cc4[nH]ccc34)Oc3cncc(c3)-c3nc2nn3C)c1)C(=O)O. The number of fused-ring (bicyclic) bond motifs is 8. The van der Waals surface area contributed by atoms with E-state index in [2.05, 4.69) is 16.9 Å². The lowest BCUT2D eigenvalue weighted by molar-refractivity contribution is -0.141. The minimum Gasteiger partial charge on any atom is -0.481 e. The fraction of sp³-hybridized carbons (Fsp3) is 0.405. The Hall–Kier alpha value is -4.58. The maximum absolute atomic E-state index is 15.6. The molecule has 49 heavy (non-hydrogen) atoms. The number of carboxylic acid groups (broad SMARTS) is 1. The highest BCUT2D eigenvalue weighted by atomic mass is 32.2. The predicted molar refractivity (Wildman–Crippen MR) is 186 cm³/mol. The number of carbonyl (C=O) groups is 1. The van der Waals surface area contributed by atoms with Gasteiger partial charge in [-0.2, -0.15) is 5.10 Å². The lowest BCUT2D eigenvalue weighted by Gasteiger charge is -2.31. The summed E-state index contributed by atoms with van der Waals surface area (Å²) in [6, 6.07) is 12.8. The maximum atomic E-state index is 15.6. The molecule has 258 valence electrons. The Balaban J connectivity index is 1.47. The number of rotatable bonds is 4. The fourth-order valence-electron chi connectivity index (χ4n) is 6.95. The van der Waals surface area contributed by atoms with Crippen LogP contribution >= 0.6 is 0 Å².